The molecule has 0 spiro atoms. The van der Waals surface area contributed by atoms with Gasteiger partial charge in [0.1, 0.15) is 17.0 Å². The van der Waals surface area contributed by atoms with Gasteiger partial charge in [-0.25, -0.2) is 28.7 Å². The van der Waals surface area contributed by atoms with Crippen molar-refractivity contribution in [2.24, 2.45) is 10.7 Å². The van der Waals surface area contributed by atoms with Crippen molar-refractivity contribution in [1.29, 1.82) is 0 Å². The lowest BCUT2D eigenvalue weighted by Crippen LogP contribution is -2.42. The maximum atomic E-state index is 13.4. The predicted octanol–water partition coefficient (Wildman–Crippen LogP) is 2.86. The number of nitrogens with two attached hydrogens (primary N) is 2. The van der Waals surface area contributed by atoms with E-state index in [1.165, 1.54) is 25.9 Å². The van der Waals surface area contributed by atoms with E-state index in [0.29, 0.717) is 23.7 Å². The molecule has 4 N–H and O–H groups in total. The fourth-order valence-electron chi connectivity index (χ4n) is 3.41. The Bertz CT molecular complexity index is 1200. The van der Waals surface area contributed by atoms with Crippen molar-refractivity contribution < 1.29 is 18.3 Å². The Morgan fingerprint density at radius 2 is 1.97 bits per heavy atom. The second-order valence-electron chi connectivity index (χ2n) is 7.25. The van der Waals surface area contributed by atoms with E-state index < -0.39 is 11.6 Å². The maximum Gasteiger partial charge on any atom is 0.274 e. The highest BCUT2D eigenvalue weighted by molar-refractivity contribution is 5.92. The number of halogens is 2. The average Bonchev–Trinajstić information content (AvgIpc) is 2.86. The summed E-state index contributed by atoms with van der Waals surface area (Å²) >= 11 is 0. The van der Waals surface area contributed by atoms with E-state index in [1.807, 2.05) is 4.90 Å². The van der Waals surface area contributed by atoms with Gasteiger partial charge >= 0.3 is 0 Å². The van der Waals surface area contributed by atoms with Gasteiger partial charge in [0.15, 0.2) is 11.6 Å². The van der Waals surface area contributed by atoms with Gasteiger partial charge in [0, 0.05) is 18.7 Å². The zero-order chi connectivity index (χ0) is 26.0. The number of piperidine rings is 1. The number of amides is 1. The Labute approximate surface area is 201 Å². The number of aliphatic imine (C=N–C) groups is 1. The zero-order valence-corrected chi connectivity index (χ0v) is 19.4. The van der Waals surface area contributed by atoms with Gasteiger partial charge in [-0.05, 0) is 32.3 Å². The van der Waals surface area contributed by atoms with Gasteiger partial charge in [0.05, 0.1) is 31.2 Å². The van der Waals surface area contributed by atoms with E-state index in [1.54, 1.807) is 0 Å². The lowest BCUT2D eigenvalue weighted by Gasteiger charge is -2.33. The van der Waals surface area contributed by atoms with Crippen LogP contribution in [0.2, 0.25) is 0 Å². The van der Waals surface area contributed by atoms with E-state index in [-0.39, 0.29) is 28.6 Å². The number of terminal acetylenes is 1. The molecule has 1 amide bonds. The quantitative estimate of drug-likeness (QED) is 0.328. The molecule has 1 fully saturated rings. The largest absolute Gasteiger partial charge is 0.480 e. The van der Waals surface area contributed by atoms with Crippen LogP contribution in [0.5, 0.6) is 5.88 Å². The second-order valence-corrected chi connectivity index (χ2v) is 7.25. The highest BCUT2D eigenvalue weighted by atomic mass is 19.1. The number of nitrogen functional groups attached to an aromatic ring is 1. The number of methoxy groups -OCH3 is 1. The summed E-state index contributed by atoms with van der Waals surface area (Å²) in [4.78, 5) is 33.2. The average molecular weight is 485 g/mol. The van der Waals surface area contributed by atoms with Crippen molar-refractivity contribution in [2.45, 2.75) is 32.2 Å². The third-order valence-electron chi connectivity index (χ3n) is 5.03. The molecule has 1 atom stereocenters. The fraction of sp³-hybridized carbons (Fsp3) is 0.304. The summed E-state index contributed by atoms with van der Waals surface area (Å²) < 4.78 is 31.3. The summed E-state index contributed by atoms with van der Waals surface area (Å²) in [6.07, 6.45) is 15.2. The monoisotopic (exact) mass is 484 g/mol. The van der Waals surface area contributed by atoms with Crippen LogP contribution in [0.25, 0.3) is 10.9 Å². The molecule has 12 heteroatoms. The number of ether oxygens (including phenoxy) is 1. The van der Waals surface area contributed by atoms with Crippen LogP contribution in [0.15, 0.2) is 29.5 Å². The Hall–Kier alpha value is -4.40. The number of rotatable bonds is 3. The Morgan fingerprint density at radius 1 is 1.23 bits per heavy atom. The highest BCUT2D eigenvalue weighted by Crippen LogP contribution is 2.26. The van der Waals surface area contributed by atoms with Crippen LogP contribution in [-0.2, 0) is 0 Å². The van der Waals surface area contributed by atoms with Crippen molar-refractivity contribution in [3.63, 3.8) is 0 Å². The van der Waals surface area contributed by atoms with E-state index in [4.69, 9.17) is 16.2 Å². The molecule has 1 aliphatic rings. The second kappa shape index (κ2) is 12.7. The summed E-state index contributed by atoms with van der Waals surface area (Å²) in [6.45, 7) is 2.89. The van der Waals surface area contributed by atoms with Gasteiger partial charge in [0.25, 0.3) is 5.91 Å². The minimum Gasteiger partial charge on any atom is -0.480 e. The summed E-state index contributed by atoms with van der Waals surface area (Å²) in [7, 11) is 1.53. The molecule has 0 saturated carbocycles. The number of nitrogens with zero attached hydrogens (tertiary/aromatic N) is 6. The van der Waals surface area contributed by atoms with Crippen LogP contribution in [-0.4, -0.2) is 56.8 Å². The number of aromatic nitrogens is 4. The molecule has 0 bridgehead atoms. The molecule has 184 valence electrons. The van der Waals surface area contributed by atoms with Gasteiger partial charge < -0.3 is 21.1 Å². The first-order valence-corrected chi connectivity index (χ1v) is 10.5. The first-order valence-electron chi connectivity index (χ1n) is 10.5. The molecule has 3 heterocycles. The number of benzene rings is 1. The number of carbonyl (C=O) groups excluding carboxylic acids is 1. The minimum atomic E-state index is -0.822. The van der Waals surface area contributed by atoms with Gasteiger partial charge in [0.2, 0.25) is 11.8 Å². The third-order valence-corrected chi connectivity index (χ3v) is 5.03. The Morgan fingerprint density at radius 3 is 2.57 bits per heavy atom. The predicted molar refractivity (Wildman–Crippen MR) is 129 cm³/mol. The van der Waals surface area contributed by atoms with Crippen LogP contribution in [0, 0.1) is 24.5 Å². The van der Waals surface area contributed by atoms with Crippen LogP contribution < -0.4 is 16.2 Å². The molecule has 1 aromatic carbocycles. The van der Waals surface area contributed by atoms with Gasteiger partial charge in [-0.3, -0.25) is 4.79 Å². The standard InChI is InChI=1S/C12H17N3O2.C9H7F2N5.C2H2/c1-9-5-3-4-6-15(9)12(16)10-7-14-11(17-2)8-13-10;10-4-1-5-7(6(11)2-4)15-9(13)16-8(5)14-3-12;1-2/h7-9H,3-6H2,1-2H3;1-3H,(H4,12,13,14,15,16);1-2H/t9-;;/m0../s1. The van der Waals surface area contributed by atoms with Crippen molar-refractivity contribution in [3.8, 4) is 18.7 Å². The van der Waals surface area contributed by atoms with E-state index in [9.17, 15) is 13.6 Å². The van der Waals surface area contributed by atoms with Crippen LogP contribution in [0.4, 0.5) is 20.5 Å². The van der Waals surface area contributed by atoms with Crippen LogP contribution in [0.1, 0.15) is 36.7 Å². The minimum absolute atomic E-state index is 0.0309. The normalized spacial score (nSPS) is 15.0. The lowest BCUT2D eigenvalue weighted by molar-refractivity contribution is 0.0629. The van der Waals surface area contributed by atoms with Crippen LogP contribution >= 0.6 is 0 Å². The molecule has 10 nitrogen and oxygen atoms in total. The van der Waals surface area contributed by atoms with E-state index in [0.717, 1.165) is 31.8 Å². The summed E-state index contributed by atoms with van der Waals surface area (Å²) in [5.74, 6) is -1.30. The van der Waals surface area contributed by atoms with E-state index in [2.05, 4.69) is 44.7 Å². The number of carbonyl (C=O) groups is 1. The van der Waals surface area contributed by atoms with Crippen molar-refractivity contribution in [2.75, 3.05) is 19.4 Å². The topological polar surface area (TPSA) is 146 Å². The van der Waals surface area contributed by atoms with Gasteiger partial charge in [-0.2, -0.15) is 4.98 Å². The molecule has 0 radical (unpaired) electrons. The lowest BCUT2D eigenvalue weighted by atomic mass is 10.0. The van der Waals surface area contributed by atoms with Crippen molar-refractivity contribution in [1.82, 2.24) is 24.8 Å². The molecule has 1 saturated heterocycles. The number of hydrogen-bond acceptors (Lipinski definition) is 8. The molecule has 0 aliphatic carbocycles. The van der Waals surface area contributed by atoms with Gasteiger partial charge in [-0.15, -0.1) is 12.8 Å². The Balaban J connectivity index is 0.000000231. The van der Waals surface area contributed by atoms with Crippen LogP contribution in [0.3, 0.4) is 0 Å². The molecule has 2 aromatic heterocycles. The molecule has 4 rings (SSSR count). The molecular weight excluding hydrogens is 458 g/mol. The van der Waals surface area contributed by atoms with Gasteiger partial charge in [-0.1, -0.05) is 0 Å². The number of anilines is 1. The summed E-state index contributed by atoms with van der Waals surface area (Å²) in [5.41, 5.74) is 10.8. The first-order chi connectivity index (χ1) is 16.8. The smallest absolute Gasteiger partial charge is 0.274 e. The van der Waals surface area contributed by atoms with E-state index >= 15 is 0 Å². The Kier molecular flexibility index (Phi) is 9.77. The molecular formula is C23H26F2N8O2. The van der Waals surface area contributed by atoms with Crippen molar-refractivity contribution >= 4 is 34.9 Å². The maximum absolute atomic E-state index is 13.4. The van der Waals surface area contributed by atoms with Crippen molar-refractivity contribution in [3.05, 3.63) is 41.9 Å². The summed E-state index contributed by atoms with van der Waals surface area (Å²) in [6, 6.07) is 2.07. The fourth-order valence-corrected chi connectivity index (χ4v) is 3.41. The molecule has 3 aromatic rings. The number of likely N-dealkylation sites (tertiary alicyclic amines) is 1. The molecule has 1 aliphatic heterocycles. The molecule has 0 unspecified atom stereocenters. The molecule has 35 heavy (non-hydrogen) atoms. The summed E-state index contributed by atoms with van der Waals surface area (Å²) in [5, 5.41) is 0.119. The SMILES string of the molecule is C#C.COc1cnc(C(=O)N2CCCC[C@@H]2C)cn1.NC=Nc1nc(N)nc2c(F)cc(F)cc12. The zero-order valence-electron chi connectivity index (χ0n) is 19.4. The number of hydrogen-bond donors (Lipinski definition) is 2. The third kappa shape index (κ3) is 6.80. The first kappa shape index (κ1) is 26.8. The number of fused-ring (bicyclic) bond motifs is 1. The highest BCUT2D eigenvalue weighted by Gasteiger charge is 2.25.